The molecular formula is C15H24ClN3O. The van der Waals surface area contributed by atoms with Gasteiger partial charge in [0.05, 0.1) is 18.8 Å². The van der Waals surface area contributed by atoms with Crippen LogP contribution in [0.4, 0.5) is 0 Å². The van der Waals surface area contributed by atoms with Gasteiger partial charge in [-0.1, -0.05) is 23.7 Å². The van der Waals surface area contributed by atoms with Gasteiger partial charge in [0, 0.05) is 24.2 Å². The molecule has 2 unspecified atom stereocenters. The minimum Gasteiger partial charge on any atom is -0.374 e. The van der Waals surface area contributed by atoms with E-state index in [-0.39, 0.29) is 12.1 Å². The monoisotopic (exact) mass is 297 g/mol. The summed E-state index contributed by atoms with van der Waals surface area (Å²) in [5.74, 6) is 5.75. The minimum atomic E-state index is -0.0466. The molecule has 0 bridgehead atoms. The summed E-state index contributed by atoms with van der Waals surface area (Å²) in [4.78, 5) is 2.41. The lowest BCUT2D eigenvalue weighted by Crippen LogP contribution is -2.51. The van der Waals surface area contributed by atoms with Crippen molar-refractivity contribution in [3.05, 3.63) is 34.3 Å². The van der Waals surface area contributed by atoms with Crippen molar-refractivity contribution in [2.24, 2.45) is 5.84 Å². The summed E-state index contributed by atoms with van der Waals surface area (Å²) in [7, 11) is 0. The van der Waals surface area contributed by atoms with E-state index in [1.807, 2.05) is 19.1 Å². The molecule has 1 fully saturated rings. The first kappa shape index (κ1) is 15.7. The highest BCUT2D eigenvalue weighted by Crippen LogP contribution is 2.26. The molecule has 0 saturated carbocycles. The Morgan fingerprint density at radius 2 is 2.20 bits per heavy atom. The van der Waals surface area contributed by atoms with E-state index in [2.05, 4.69) is 30.2 Å². The van der Waals surface area contributed by atoms with Crippen LogP contribution in [0.2, 0.25) is 5.02 Å². The van der Waals surface area contributed by atoms with E-state index in [9.17, 15) is 0 Å². The van der Waals surface area contributed by atoms with E-state index in [0.717, 1.165) is 35.8 Å². The van der Waals surface area contributed by atoms with Crippen LogP contribution in [0.3, 0.4) is 0 Å². The maximum absolute atomic E-state index is 6.21. The maximum atomic E-state index is 6.21. The van der Waals surface area contributed by atoms with Crippen molar-refractivity contribution in [1.29, 1.82) is 0 Å². The second-order valence-electron chi connectivity index (χ2n) is 5.65. The maximum Gasteiger partial charge on any atom is 0.0909 e. The minimum absolute atomic E-state index is 0.0370. The van der Waals surface area contributed by atoms with Crippen LogP contribution in [0, 0.1) is 6.92 Å². The first-order valence-electron chi connectivity index (χ1n) is 7.10. The third-order valence-corrected chi connectivity index (χ3v) is 4.37. The fourth-order valence-electron chi connectivity index (χ4n) is 2.59. The number of nitrogens with zero attached hydrogens (tertiary/aromatic N) is 1. The number of morpholine rings is 1. The summed E-state index contributed by atoms with van der Waals surface area (Å²) >= 11 is 6.21. The topological polar surface area (TPSA) is 50.5 Å². The number of halogens is 1. The molecule has 0 spiro atoms. The Morgan fingerprint density at radius 3 is 2.80 bits per heavy atom. The van der Waals surface area contributed by atoms with Gasteiger partial charge >= 0.3 is 0 Å². The molecule has 112 valence electrons. The van der Waals surface area contributed by atoms with Gasteiger partial charge in [0.25, 0.3) is 0 Å². The summed E-state index contributed by atoms with van der Waals surface area (Å²) in [6.45, 7) is 8.99. The molecule has 1 aromatic rings. The highest BCUT2D eigenvalue weighted by molar-refractivity contribution is 6.31. The lowest BCUT2D eigenvalue weighted by Gasteiger charge is -2.38. The van der Waals surface area contributed by atoms with Gasteiger partial charge in [-0.15, -0.1) is 0 Å². The molecule has 2 atom stereocenters. The van der Waals surface area contributed by atoms with Crippen LogP contribution in [-0.2, 0) is 4.74 Å². The van der Waals surface area contributed by atoms with Gasteiger partial charge in [-0.3, -0.25) is 16.2 Å². The van der Waals surface area contributed by atoms with Crippen molar-refractivity contribution in [1.82, 2.24) is 10.3 Å². The highest BCUT2D eigenvalue weighted by atomic mass is 35.5. The zero-order valence-corrected chi connectivity index (χ0v) is 13.2. The number of nitrogens with two attached hydrogens (primary N) is 1. The number of hydrogen-bond donors (Lipinski definition) is 2. The lowest BCUT2D eigenvalue weighted by atomic mass is 9.99. The standard InChI is InChI=1S/C15H24ClN3O/c1-10(2)19-6-7-20-14(9-19)15(18-17)12-5-4-11(3)13(16)8-12/h4-5,8,10,14-15,18H,6-7,9,17H2,1-3H3. The van der Waals surface area contributed by atoms with Gasteiger partial charge in [0.15, 0.2) is 0 Å². The molecule has 0 aliphatic carbocycles. The molecule has 1 saturated heterocycles. The Hall–Kier alpha value is -0.650. The van der Waals surface area contributed by atoms with Crippen molar-refractivity contribution < 1.29 is 4.74 Å². The number of aryl methyl sites for hydroxylation is 1. The van der Waals surface area contributed by atoms with E-state index in [0.29, 0.717) is 6.04 Å². The van der Waals surface area contributed by atoms with E-state index < -0.39 is 0 Å². The number of nitrogens with one attached hydrogen (secondary N) is 1. The highest BCUT2D eigenvalue weighted by Gasteiger charge is 2.29. The number of ether oxygens (including phenoxy) is 1. The van der Waals surface area contributed by atoms with Crippen molar-refractivity contribution in [2.75, 3.05) is 19.7 Å². The van der Waals surface area contributed by atoms with Crippen LogP contribution in [-0.4, -0.2) is 36.7 Å². The molecule has 0 aromatic heterocycles. The van der Waals surface area contributed by atoms with E-state index in [4.69, 9.17) is 22.2 Å². The molecule has 20 heavy (non-hydrogen) atoms. The largest absolute Gasteiger partial charge is 0.374 e. The molecule has 1 aromatic carbocycles. The average molecular weight is 298 g/mol. The molecule has 0 amide bonds. The number of hydrogen-bond acceptors (Lipinski definition) is 4. The Bertz CT molecular complexity index is 453. The van der Waals surface area contributed by atoms with Gasteiger partial charge in [-0.25, -0.2) is 0 Å². The van der Waals surface area contributed by atoms with Gasteiger partial charge in [0.2, 0.25) is 0 Å². The Morgan fingerprint density at radius 1 is 1.45 bits per heavy atom. The number of hydrazine groups is 1. The quantitative estimate of drug-likeness (QED) is 0.661. The first-order valence-corrected chi connectivity index (χ1v) is 7.48. The summed E-state index contributed by atoms with van der Waals surface area (Å²) in [6, 6.07) is 6.52. The van der Waals surface area contributed by atoms with E-state index in [1.165, 1.54) is 0 Å². The van der Waals surface area contributed by atoms with Gasteiger partial charge in [-0.05, 0) is 38.0 Å². The van der Waals surface area contributed by atoms with Crippen LogP contribution in [0.5, 0.6) is 0 Å². The Kier molecular flexibility index (Phi) is 5.41. The zero-order valence-electron chi connectivity index (χ0n) is 12.4. The van der Waals surface area contributed by atoms with Crippen LogP contribution in [0.1, 0.15) is 31.0 Å². The molecule has 1 aliphatic heterocycles. The number of rotatable bonds is 4. The normalized spacial score (nSPS) is 22.2. The fourth-order valence-corrected chi connectivity index (χ4v) is 2.78. The molecular weight excluding hydrogens is 274 g/mol. The van der Waals surface area contributed by atoms with E-state index >= 15 is 0 Å². The van der Waals surface area contributed by atoms with E-state index in [1.54, 1.807) is 0 Å². The second-order valence-corrected chi connectivity index (χ2v) is 6.06. The SMILES string of the molecule is Cc1ccc(C(NN)C2CN(C(C)C)CCO2)cc1Cl. The van der Waals surface area contributed by atoms with Crippen LogP contribution >= 0.6 is 11.6 Å². The van der Waals surface area contributed by atoms with Gasteiger partial charge in [0.1, 0.15) is 0 Å². The predicted octanol–water partition coefficient (Wildman–Crippen LogP) is 2.26. The zero-order chi connectivity index (χ0) is 14.7. The molecule has 1 aliphatic rings. The van der Waals surface area contributed by atoms with Crippen LogP contribution in [0.15, 0.2) is 18.2 Å². The van der Waals surface area contributed by atoms with Gasteiger partial charge < -0.3 is 4.74 Å². The lowest BCUT2D eigenvalue weighted by molar-refractivity contribution is -0.0561. The molecule has 3 N–H and O–H groups in total. The second kappa shape index (κ2) is 6.87. The Labute approximate surface area is 126 Å². The molecule has 2 rings (SSSR count). The molecule has 1 heterocycles. The third-order valence-electron chi connectivity index (χ3n) is 3.96. The number of benzene rings is 1. The van der Waals surface area contributed by atoms with Crippen LogP contribution in [0.25, 0.3) is 0 Å². The van der Waals surface area contributed by atoms with Crippen molar-refractivity contribution in [3.63, 3.8) is 0 Å². The molecule has 5 heteroatoms. The van der Waals surface area contributed by atoms with Crippen molar-refractivity contribution in [3.8, 4) is 0 Å². The summed E-state index contributed by atoms with van der Waals surface area (Å²) in [5.41, 5.74) is 5.02. The summed E-state index contributed by atoms with van der Waals surface area (Å²) < 4.78 is 5.91. The third kappa shape index (κ3) is 3.51. The first-order chi connectivity index (χ1) is 9.52. The fraction of sp³-hybridized carbons (Fsp3) is 0.600. The summed E-state index contributed by atoms with van der Waals surface area (Å²) in [5, 5.41) is 0.763. The summed E-state index contributed by atoms with van der Waals surface area (Å²) in [6.07, 6.45) is 0.0370. The van der Waals surface area contributed by atoms with Crippen molar-refractivity contribution in [2.45, 2.75) is 39.0 Å². The average Bonchev–Trinajstić information content (AvgIpc) is 2.44. The van der Waals surface area contributed by atoms with Gasteiger partial charge in [-0.2, -0.15) is 0 Å². The molecule has 4 nitrogen and oxygen atoms in total. The molecule has 0 radical (unpaired) electrons. The smallest absolute Gasteiger partial charge is 0.0909 e. The predicted molar refractivity (Wildman–Crippen MR) is 82.7 cm³/mol. The Balaban J connectivity index is 2.16. The van der Waals surface area contributed by atoms with Crippen molar-refractivity contribution >= 4 is 11.6 Å². The van der Waals surface area contributed by atoms with Crippen LogP contribution < -0.4 is 11.3 Å².